The van der Waals surface area contributed by atoms with Gasteiger partial charge < -0.3 is 15.4 Å². The molecule has 0 radical (unpaired) electrons. The van der Waals surface area contributed by atoms with Gasteiger partial charge in [-0.3, -0.25) is 14.6 Å². The lowest BCUT2D eigenvalue weighted by Crippen LogP contribution is -2.39. The molecule has 0 aromatic heterocycles. The van der Waals surface area contributed by atoms with E-state index in [1.807, 2.05) is 12.1 Å². The molecule has 1 aliphatic heterocycles. The minimum Gasteiger partial charge on any atom is -0.451 e. The first-order valence-electron chi connectivity index (χ1n) is 7.93. The molecular formula is C17H19N5O4. The first-order chi connectivity index (χ1) is 12.4. The van der Waals surface area contributed by atoms with Crippen molar-refractivity contribution in [1.82, 2.24) is 4.90 Å². The summed E-state index contributed by atoms with van der Waals surface area (Å²) >= 11 is 0. The van der Waals surface area contributed by atoms with Gasteiger partial charge in [-0.1, -0.05) is 18.2 Å². The van der Waals surface area contributed by atoms with E-state index in [0.29, 0.717) is 5.69 Å². The molecule has 26 heavy (non-hydrogen) atoms. The van der Waals surface area contributed by atoms with E-state index in [4.69, 9.17) is 15.7 Å². The maximum absolute atomic E-state index is 12.2. The predicted molar refractivity (Wildman–Crippen MR) is 92.8 cm³/mol. The van der Waals surface area contributed by atoms with Crippen LogP contribution in [0.1, 0.15) is 12.8 Å². The molecule has 0 bridgehead atoms. The summed E-state index contributed by atoms with van der Waals surface area (Å²) in [6.45, 7) is -0.217. The lowest BCUT2D eigenvalue weighted by atomic mass is 10.1. The summed E-state index contributed by atoms with van der Waals surface area (Å²) in [7, 11) is 1.51. The average Bonchev–Trinajstić information content (AvgIpc) is 3.10. The van der Waals surface area contributed by atoms with Crippen molar-refractivity contribution in [3.05, 3.63) is 30.3 Å². The van der Waals surface area contributed by atoms with Gasteiger partial charge in [0, 0.05) is 20.0 Å². The van der Waals surface area contributed by atoms with Gasteiger partial charge in [0.05, 0.1) is 18.2 Å². The van der Waals surface area contributed by atoms with E-state index in [1.54, 1.807) is 24.3 Å². The Morgan fingerprint density at radius 1 is 1.38 bits per heavy atom. The topological polar surface area (TPSA) is 129 Å². The van der Waals surface area contributed by atoms with Gasteiger partial charge in [0.25, 0.3) is 5.91 Å². The van der Waals surface area contributed by atoms with Gasteiger partial charge >= 0.3 is 5.97 Å². The van der Waals surface area contributed by atoms with Crippen LogP contribution in [0.4, 0.5) is 5.69 Å². The molecule has 0 spiro atoms. The van der Waals surface area contributed by atoms with Crippen molar-refractivity contribution < 1.29 is 19.1 Å². The number of hydrogen-bond donors (Lipinski definition) is 1. The number of primary amides is 1. The molecule has 0 saturated heterocycles. The second kappa shape index (κ2) is 8.62. The van der Waals surface area contributed by atoms with E-state index in [9.17, 15) is 14.4 Å². The third-order valence-electron chi connectivity index (χ3n) is 3.81. The maximum atomic E-state index is 12.2. The standard InChI is InChI=1S/C17H19N5O4/c1-21(9-5-8-18)15(23)11-26-17(25)13-10-14(16(19)24)22(20-13)12-6-3-2-4-7-12/h2-4,6-7,14H,5,9-11H2,1H3,(H2,19,24). The number of rotatable bonds is 7. The van der Waals surface area contributed by atoms with Gasteiger partial charge in [0.1, 0.15) is 11.8 Å². The number of carbonyl (C=O) groups is 3. The minimum absolute atomic E-state index is 0.00151. The van der Waals surface area contributed by atoms with E-state index in [-0.39, 0.29) is 25.1 Å². The summed E-state index contributed by atoms with van der Waals surface area (Å²) in [4.78, 5) is 37.0. The first-order valence-corrected chi connectivity index (χ1v) is 7.93. The summed E-state index contributed by atoms with van der Waals surface area (Å²) in [6, 6.07) is 9.96. The maximum Gasteiger partial charge on any atom is 0.355 e. The molecule has 0 saturated carbocycles. The number of anilines is 1. The molecule has 1 heterocycles. The second-order valence-electron chi connectivity index (χ2n) is 5.65. The number of para-hydroxylation sites is 1. The monoisotopic (exact) mass is 357 g/mol. The predicted octanol–water partition coefficient (Wildman–Crippen LogP) is 0.0219. The molecule has 1 atom stereocenters. The normalized spacial score (nSPS) is 15.8. The fraction of sp³-hybridized carbons (Fsp3) is 0.353. The number of hydrazone groups is 1. The highest BCUT2D eigenvalue weighted by molar-refractivity contribution is 6.38. The third-order valence-corrected chi connectivity index (χ3v) is 3.81. The number of esters is 1. The van der Waals surface area contributed by atoms with Gasteiger partial charge in [0.2, 0.25) is 5.91 Å². The number of amides is 2. The zero-order valence-electron chi connectivity index (χ0n) is 14.3. The molecule has 2 N–H and O–H groups in total. The molecule has 9 heteroatoms. The largest absolute Gasteiger partial charge is 0.451 e. The van der Waals surface area contributed by atoms with E-state index in [2.05, 4.69) is 5.10 Å². The summed E-state index contributed by atoms with van der Waals surface area (Å²) < 4.78 is 4.98. The summed E-state index contributed by atoms with van der Waals surface area (Å²) in [5.74, 6) is -1.83. The Hall–Kier alpha value is -3.41. The number of hydrogen-bond acceptors (Lipinski definition) is 7. The SMILES string of the molecule is CN(CCC#N)C(=O)COC(=O)C1=NN(c2ccccc2)C(C(N)=O)C1. The fourth-order valence-electron chi connectivity index (χ4n) is 2.34. The molecular weight excluding hydrogens is 338 g/mol. The Labute approximate surface area is 150 Å². The molecule has 2 amide bonds. The molecule has 1 unspecified atom stereocenters. The summed E-state index contributed by atoms with van der Waals surface area (Å²) in [6.07, 6.45) is 0.191. The van der Waals surface area contributed by atoms with Crippen molar-refractivity contribution in [1.29, 1.82) is 5.26 Å². The zero-order valence-corrected chi connectivity index (χ0v) is 14.3. The highest BCUT2D eigenvalue weighted by Gasteiger charge is 2.35. The van der Waals surface area contributed by atoms with Crippen LogP contribution < -0.4 is 10.7 Å². The van der Waals surface area contributed by atoms with Gasteiger partial charge in [-0.05, 0) is 12.1 Å². The number of benzene rings is 1. The van der Waals surface area contributed by atoms with Gasteiger partial charge in [-0.25, -0.2) is 4.79 Å². The summed E-state index contributed by atoms with van der Waals surface area (Å²) in [5.41, 5.74) is 6.04. The van der Waals surface area contributed by atoms with Crippen molar-refractivity contribution in [3.63, 3.8) is 0 Å². The Balaban J connectivity index is 2.01. The Bertz CT molecular complexity index is 756. The zero-order chi connectivity index (χ0) is 19.1. The van der Waals surface area contributed by atoms with E-state index < -0.39 is 30.4 Å². The quantitative estimate of drug-likeness (QED) is 0.685. The van der Waals surface area contributed by atoms with Gasteiger partial charge in [0.15, 0.2) is 6.61 Å². The smallest absolute Gasteiger partial charge is 0.355 e. The highest BCUT2D eigenvalue weighted by atomic mass is 16.5. The highest BCUT2D eigenvalue weighted by Crippen LogP contribution is 2.24. The van der Waals surface area contributed by atoms with Crippen LogP contribution in [0.25, 0.3) is 0 Å². The average molecular weight is 357 g/mol. The van der Waals surface area contributed by atoms with Crippen molar-refractivity contribution >= 4 is 29.2 Å². The second-order valence-corrected chi connectivity index (χ2v) is 5.65. The first kappa shape index (κ1) is 18.9. The molecule has 1 aromatic carbocycles. The van der Waals surface area contributed by atoms with Crippen LogP contribution in [-0.2, 0) is 19.1 Å². The van der Waals surface area contributed by atoms with E-state index in [1.165, 1.54) is 17.0 Å². The fourth-order valence-corrected chi connectivity index (χ4v) is 2.34. The lowest BCUT2D eigenvalue weighted by molar-refractivity contribution is -0.146. The number of carbonyl (C=O) groups excluding carboxylic acids is 3. The molecule has 0 aliphatic carbocycles. The van der Waals surface area contributed by atoms with Crippen LogP contribution in [0.5, 0.6) is 0 Å². The van der Waals surface area contributed by atoms with Crippen LogP contribution in [0.2, 0.25) is 0 Å². The van der Waals surface area contributed by atoms with Crippen LogP contribution in [0.3, 0.4) is 0 Å². The van der Waals surface area contributed by atoms with E-state index in [0.717, 1.165) is 0 Å². The molecule has 0 fully saturated rings. The molecule has 136 valence electrons. The Morgan fingerprint density at radius 2 is 2.08 bits per heavy atom. The number of ether oxygens (including phenoxy) is 1. The summed E-state index contributed by atoms with van der Waals surface area (Å²) in [5, 5.41) is 14.0. The van der Waals surface area contributed by atoms with Crippen LogP contribution in [0, 0.1) is 11.3 Å². The number of nitrogens with two attached hydrogens (primary N) is 1. The number of likely N-dealkylation sites (N-methyl/N-ethyl adjacent to an activating group) is 1. The van der Waals surface area contributed by atoms with Crippen molar-refractivity contribution in [2.45, 2.75) is 18.9 Å². The lowest BCUT2D eigenvalue weighted by Gasteiger charge is -2.20. The van der Waals surface area contributed by atoms with Crippen molar-refractivity contribution in [3.8, 4) is 6.07 Å². The van der Waals surface area contributed by atoms with Crippen LogP contribution in [-0.4, -0.2) is 54.6 Å². The Kier molecular flexibility index (Phi) is 6.27. The number of nitriles is 1. The van der Waals surface area contributed by atoms with Crippen molar-refractivity contribution in [2.75, 3.05) is 25.2 Å². The third kappa shape index (κ3) is 4.57. The van der Waals surface area contributed by atoms with Crippen molar-refractivity contribution in [2.24, 2.45) is 10.8 Å². The molecule has 2 rings (SSSR count). The molecule has 1 aromatic rings. The van der Waals surface area contributed by atoms with Crippen LogP contribution >= 0.6 is 0 Å². The van der Waals surface area contributed by atoms with Crippen LogP contribution in [0.15, 0.2) is 35.4 Å². The molecule has 1 aliphatic rings. The Morgan fingerprint density at radius 3 is 2.69 bits per heavy atom. The van der Waals surface area contributed by atoms with E-state index >= 15 is 0 Å². The van der Waals surface area contributed by atoms with Gasteiger partial charge in [-0.15, -0.1) is 0 Å². The minimum atomic E-state index is -0.797. The molecule has 9 nitrogen and oxygen atoms in total. The number of nitrogens with zero attached hydrogens (tertiary/aromatic N) is 4. The van der Waals surface area contributed by atoms with Gasteiger partial charge in [-0.2, -0.15) is 10.4 Å².